The average Bonchev–Trinajstić information content (AvgIpc) is 3.49. The van der Waals surface area contributed by atoms with Gasteiger partial charge in [-0.05, 0) is 43.9 Å². The molecule has 6 nitrogen and oxygen atoms in total. The number of nitrogens with zero attached hydrogens (tertiary/aromatic N) is 1. The van der Waals surface area contributed by atoms with E-state index in [1.54, 1.807) is 12.1 Å². The van der Waals surface area contributed by atoms with Gasteiger partial charge < -0.3 is 4.74 Å². The van der Waals surface area contributed by atoms with E-state index in [1.807, 2.05) is 19.1 Å². The van der Waals surface area contributed by atoms with Gasteiger partial charge in [0.15, 0.2) is 6.10 Å². The van der Waals surface area contributed by atoms with Gasteiger partial charge in [-0.25, -0.2) is 0 Å². The number of amides is 2. The van der Waals surface area contributed by atoms with Crippen LogP contribution in [0.5, 0.6) is 0 Å². The molecule has 2 saturated carbocycles. The molecule has 7 atom stereocenters. The molecule has 1 heterocycles. The minimum atomic E-state index is -0.981. The van der Waals surface area contributed by atoms with Crippen molar-refractivity contribution in [2.75, 3.05) is 6.54 Å². The van der Waals surface area contributed by atoms with Crippen molar-refractivity contribution >= 4 is 23.6 Å². The van der Waals surface area contributed by atoms with Gasteiger partial charge in [0.2, 0.25) is 17.6 Å². The topological polar surface area (TPSA) is 80.8 Å². The number of ether oxygens (including phenoxy) is 1. The van der Waals surface area contributed by atoms with E-state index in [4.69, 9.17) is 4.74 Å². The lowest BCUT2D eigenvalue weighted by molar-refractivity contribution is -0.154. The van der Waals surface area contributed by atoms with Gasteiger partial charge in [0.25, 0.3) is 0 Å². The molecule has 2 bridgehead atoms. The maximum absolute atomic E-state index is 12.9. The Labute approximate surface area is 168 Å². The molecule has 6 rings (SSSR count). The first-order valence-electron chi connectivity index (χ1n) is 10.2. The smallest absolute Gasteiger partial charge is 0.326 e. The number of Topliss-reactive ketones (excluding diaryl/α,β-unsaturated/α-hetero) is 1. The maximum Gasteiger partial charge on any atom is 0.326 e. The van der Waals surface area contributed by atoms with Gasteiger partial charge in [-0.2, -0.15) is 0 Å². The van der Waals surface area contributed by atoms with E-state index in [9.17, 15) is 19.2 Å². The highest BCUT2D eigenvalue weighted by Crippen LogP contribution is 2.65. The highest BCUT2D eigenvalue weighted by atomic mass is 16.5. The van der Waals surface area contributed by atoms with Crippen molar-refractivity contribution < 1.29 is 23.9 Å². The minimum absolute atomic E-state index is 0.120. The van der Waals surface area contributed by atoms with Crippen LogP contribution in [-0.2, 0) is 19.1 Å². The number of benzene rings is 1. The SMILES string of the molecule is Cc1ccc(C(=O)[C@@H](C)OC(=O)CN2C(=O)[C@@H]3[C@@H]4C=C[C@H]([C@H]5C[C@H]45)[C@@H]3C2=O)cc1. The Morgan fingerprint density at radius 2 is 1.59 bits per heavy atom. The highest BCUT2D eigenvalue weighted by Gasteiger charge is 2.67. The Balaban J connectivity index is 1.24. The zero-order valence-electron chi connectivity index (χ0n) is 16.4. The summed E-state index contributed by atoms with van der Waals surface area (Å²) in [6.07, 6.45) is 4.30. The highest BCUT2D eigenvalue weighted by molar-refractivity contribution is 6.08. The van der Waals surface area contributed by atoms with E-state index >= 15 is 0 Å². The van der Waals surface area contributed by atoms with Crippen LogP contribution in [0.2, 0.25) is 0 Å². The second-order valence-electron chi connectivity index (χ2n) is 8.78. The second kappa shape index (κ2) is 6.37. The van der Waals surface area contributed by atoms with Crippen LogP contribution in [0.1, 0.15) is 29.3 Å². The Bertz CT molecular complexity index is 913. The molecule has 1 aliphatic heterocycles. The number of imide groups is 1. The van der Waals surface area contributed by atoms with Gasteiger partial charge in [-0.3, -0.25) is 24.1 Å². The normalized spacial score (nSPS) is 34.6. The largest absolute Gasteiger partial charge is 0.453 e. The van der Waals surface area contributed by atoms with E-state index in [2.05, 4.69) is 12.2 Å². The van der Waals surface area contributed by atoms with Gasteiger partial charge in [0.1, 0.15) is 6.54 Å². The van der Waals surface area contributed by atoms with Gasteiger partial charge in [-0.1, -0.05) is 42.0 Å². The number of aryl methyl sites for hydroxylation is 1. The maximum atomic E-state index is 12.9. The first-order valence-corrected chi connectivity index (χ1v) is 10.2. The predicted molar refractivity (Wildman–Crippen MR) is 102 cm³/mol. The van der Waals surface area contributed by atoms with Crippen molar-refractivity contribution in [2.45, 2.75) is 26.4 Å². The summed E-state index contributed by atoms with van der Waals surface area (Å²) in [6, 6.07) is 7.01. The molecule has 0 unspecified atom stereocenters. The number of esters is 1. The first-order chi connectivity index (χ1) is 13.9. The molecule has 5 aliphatic rings. The molecule has 0 spiro atoms. The standard InChI is InChI=1S/C23H23NO5/c1-11-3-5-13(6-4-11)21(26)12(2)29-18(25)10-24-22(27)19-14-7-8-15(17-9-16(14)17)20(19)23(24)28/h3-8,12,14-17,19-20H,9-10H2,1-2H3/t12-,14-,15-,16-,17-,19-,20+/m1/s1. The van der Waals surface area contributed by atoms with Crippen molar-refractivity contribution in [3.63, 3.8) is 0 Å². The lowest BCUT2D eigenvalue weighted by atomic mass is 9.63. The van der Waals surface area contributed by atoms with Crippen LogP contribution in [0.4, 0.5) is 0 Å². The molecule has 1 aromatic rings. The molecule has 0 radical (unpaired) electrons. The molecular weight excluding hydrogens is 370 g/mol. The van der Waals surface area contributed by atoms with Crippen molar-refractivity contribution in [3.05, 3.63) is 47.5 Å². The van der Waals surface area contributed by atoms with Crippen molar-refractivity contribution in [1.29, 1.82) is 0 Å². The van der Waals surface area contributed by atoms with Crippen molar-refractivity contribution in [2.24, 2.45) is 35.5 Å². The summed E-state index contributed by atoms with van der Waals surface area (Å²) in [5, 5.41) is 0. The lowest BCUT2D eigenvalue weighted by Crippen LogP contribution is -2.40. The van der Waals surface area contributed by atoms with Gasteiger partial charge in [0, 0.05) is 5.56 Å². The van der Waals surface area contributed by atoms with Gasteiger partial charge in [-0.15, -0.1) is 0 Å². The molecule has 2 amide bonds. The third kappa shape index (κ3) is 2.76. The van der Waals surface area contributed by atoms with E-state index < -0.39 is 18.6 Å². The summed E-state index contributed by atoms with van der Waals surface area (Å²) in [4.78, 5) is 51.7. The van der Waals surface area contributed by atoms with Crippen LogP contribution in [-0.4, -0.2) is 41.1 Å². The first kappa shape index (κ1) is 18.3. The number of ketones is 1. The number of hydrogen-bond acceptors (Lipinski definition) is 5. The van der Waals surface area contributed by atoms with Crippen LogP contribution in [0.3, 0.4) is 0 Å². The molecule has 0 N–H and O–H groups in total. The number of allylic oxidation sites excluding steroid dienone is 2. The summed E-state index contributed by atoms with van der Waals surface area (Å²) in [7, 11) is 0. The summed E-state index contributed by atoms with van der Waals surface area (Å²) in [5.74, 6) is -0.968. The molecule has 150 valence electrons. The van der Waals surface area contributed by atoms with Crippen molar-refractivity contribution in [1.82, 2.24) is 4.90 Å². The summed E-state index contributed by atoms with van der Waals surface area (Å²) < 4.78 is 5.26. The Morgan fingerprint density at radius 3 is 2.14 bits per heavy atom. The number of hydrogen-bond donors (Lipinski definition) is 0. The molecule has 29 heavy (non-hydrogen) atoms. The zero-order chi connectivity index (χ0) is 20.4. The van der Waals surface area contributed by atoms with Gasteiger partial charge in [0.05, 0.1) is 11.8 Å². The minimum Gasteiger partial charge on any atom is -0.453 e. The summed E-state index contributed by atoms with van der Waals surface area (Å²) in [6.45, 7) is 3.00. The fourth-order valence-electron chi connectivity index (χ4n) is 5.54. The van der Waals surface area contributed by atoms with Crippen LogP contribution in [0.25, 0.3) is 0 Å². The molecule has 1 saturated heterocycles. The van der Waals surface area contributed by atoms with Crippen LogP contribution < -0.4 is 0 Å². The Hall–Kier alpha value is -2.76. The van der Waals surface area contributed by atoms with Crippen LogP contribution in [0.15, 0.2) is 36.4 Å². The van der Waals surface area contributed by atoms with E-state index in [-0.39, 0.29) is 41.3 Å². The van der Waals surface area contributed by atoms with Crippen LogP contribution in [0, 0.1) is 42.4 Å². The molecular formula is C23H23NO5. The monoisotopic (exact) mass is 393 g/mol. The number of carbonyl (C=O) groups is 4. The third-order valence-electron chi connectivity index (χ3n) is 7.05. The number of rotatable bonds is 5. The van der Waals surface area contributed by atoms with Gasteiger partial charge >= 0.3 is 5.97 Å². The molecule has 0 aromatic heterocycles. The lowest BCUT2D eigenvalue weighted by Gasteiger charge is -2.37. The summed E-state index contributed by atoms with van der Waals surface area (Å²) in [5.41, 5.74) is 1.48. The zero-order valence-corrected chi connectivity index (χ0v) is 16.4. The molecule has 1 aromatic carbocycles. The molecule has 6 heteroatoms. The quantitative estimate of drug-likeness (QED) is 0.331. The second-order valence-corrected chi connectivity index (χ2v) is 8.78. The Morgan fingerprint density at radius 1 is 1.03 bits per heavy atom. The number of likely N-dealkylation sites (tertiary alicyclic amines) is 1. The Kier molecular flexibility index (Phi) is 4.02. The molecule has 3 fully saturated rings. The predicted octanol–water partition coefficient (Wildman–Crippen LogP) is 2.16. The van der Waals surface area contributed by atoms with E-state index in [0.717, 1.165) is 16.9 Å². The average molecular weight is 393 g/mol. The van der Waals surface area contributed by atoms with E-state index in [1.165, 1.54) is 6.92 Å². The summed E-state index contributed by atoms with van der Waals surface area (Å²) >= 11 is 0. The fourth-order valence-corrected chi connectivity index (χ4v) is 5.54. The third-order valence-corrected chi connectivity index (χ3v) is 7.05. The van der Waals surface area contributed by atoms with E-state index in [0.29, 0.717) is 17.4 Å². The molecule has 4 aliphatic carbocycles. The van der Waals surface area contributed by atoms with Crippen molar-refractivity contribution in [3.8, 4) is 0 Å². The fraction of sp³-hybridized carbons (Fsp3) is 0.478. The van der Waals surface area contributed by atoms with Crippen LogP contribution >= 0.6 is 0 Å². The number of carbonyl (C=O) groups excluding carboxylic acids is 4.